The van der Waals surface area contributed by atoms with Gasteiger partial charge in [0.2, 0.25) is 0 Å². The van der Waals surface area contributed by atoms with E-state index in [4.69, 9.17) is 0 Å². The molecular weight excluding hydrogens is 188 g/mol. The zero-order chi connectivity index (χ0) is 10.9. The van der Waals surface area contributed by atoms with Gasteiger partial charge in [0, 0.05) is 18.8 Å². The van der Waals surface area contributed by atoms with Gasteiger partial charge in [-0.15, -0.1) is 0 Å². The van der Waals surface area contributed by atoms with Crippen molar-refractivity contribution in [2.24, 2.45) is 13.0 Å². The summed E-state index contributed by atoms with van der Waals surface area (Å²) in [6, 6.07) is 0. The number of aryl methyl sites for hydroxylation is 1. The van der Waals surface area contributed by atoms with Gasteiger partial charge in [0.05, 0.1) is 11.8 Å². The Balaban J connectivity index is 2.18. The molecule has 2 atom stereocenters. The van der Waals surface area contributed by atoms with E-state index in [2.05, 4.69) is 12.0 Å². The van der Waals surface area contributed by atoms with Crippen LogP contribution in [-0.2, 0) is 12.6 Å². The van der Waals surface area contributed by atoms with Gasteiger partial charge in [-0.3, -0.25) is 4.68 Å². The van der Waals surface area contributed by atoms with E-state index in [1.165, 1.54) is 6.42 Å². The highest BCUT2D eigenvalue weighted by atomic mass is 16.3. The predicted octanol–water partition coefficient (Wildman–Crippen LogP) is 2.21. The summed E-state index contributed by atoms with van der Waals surface area (Å²) in [5.41, 5.74) is 0.359. The third-order valence-corrected chi connectivity index (χ3v) is 3.58. The summed E-state index contributed by atoms with van der Waals surface area (Å²) in [7, 11) is 1.90. The first-order valence-electron chi connectivity index (χ1n) is 5.82. The lowest BCUT2D eigenvalue weighted by molar-refractivity contribution is 0.0197. The molecule has 15 heavy (non-hydrogen) atoms. The third-order valence-electron chi connectivity index (χ3n) is 3.58. The van der Waals surface area contributed by atoms with Gasteiger partial charge in [-0.25, -0.2) is 0 Å². The van der Waals surface area contributed by atoms with Crippen molar-refractivity contribution < 1.29 is 5.11 Å². The van der Waals surface area contributed by atoms with Gasteiger partial charge in [-0.2, -0.15) is 5.10 Å². The SMILES string of the molecule is CC1CCCC(O)(c2cnn(C)c2)CC1. The Morgan fingerprint density at radius 2 is 2.27 bits per heavy atom. The fourth-order valence-corrected chi connectivity index (χ4v) is 2.45. The lowest BCUT2D eigenvalue weighted by atomic mass is 9.88. The Hall–Kier alpha value is -0.830. The molecule has 1 heterocycles. The molecule has 0 spiro atoms. The molecule has 1 fully saturated rings. The van der Waals surface area contributed by atoms with Crippen LogP contribution in [0.3, 0.4) is 0 Å². The van der Waals surface area contributed by atoms with Gasteiger partial charge in [0.1, 0.15) is 0 Å². The van der Waals surface area contributed by atoms with E-state index in [1.54, 1.807) is 10.9 Å². The quantitative estimate of drug-likeness (QED) is 0.718. The van der Waals surface area contributed by atoms with Gasteiger partial charge in [-0.1, -0.05) is 13.3 Å². The van der Waals surface area contributed by atoms with Crippen LogP contribution < -0.4 is 0 Å². The average molecular weight is 208 g/mol. The van der Waals surface area contributed by atoms with E-state index in [9.17, 15) is 5.11 Å². The van der Waals surface area contributed by atoms with E-state index in [1.807, 2.05) is 13.2 Å². The minimum atomic E-state index is -0.626. The Kier molecular flexibility index (Phi) is 2.83. The van der Waals surface area contributed by atoms with Gasteiger partial charge in [0.15, 0.2) is 0 Å². The third kappa shape index (κ3) is 2.23. The summed E-state index contributed by atoms with van der Waals surface area (Å²) >= 11 is 0. The van der Waals surface area contributed by atoms with E-state index in [0.717, 1.165) is 37.2 Å². The van der Waals surface area contributed by atoms with Crippen molar-refractivity contribution >= 4 is 0 Å². The lowest BCUT2D eigenvalue weighted by Gasteiger charge is -2.25. The first kappa shape index (κ1) is 10.7. The van der Waals surface area contributed by atoms with Crippen LogP contribution in [-0.4, -0.2) is 14.9 Å². The highest BCUT2D eigenvalue weighted by molar-refractivity contribution is 5.15. The second-order valence-electron chi connectivity index (χ2n) is 4.97. The molecule has 1 aromatic rings. The standard InChI is InChI=1S/C12H20N2O/c1-10-4-3-6-12(15,7-5-10)11-8-13-14(2)9-11/h8-10,15H,3-7H2,1-2H3. The molecule has 0 amide bonds. The fraction of sp³-hybridized carbons (Fsp3) is 0.750. The topological polar surface area (TPSA) is 38.1 Å². The molecule has 2 unspecified atom stereocenters. The monoisotopic (exact) mass is 208 g/mol. The highest BCUT2D eigenvalue weighted by Gasteiger charge is 2.32. The Morgan fingerprint density at radius 3 is 2.93 bits per heavy atom. The normalized spacial score (nSPS) is 32.6. The first-order chi connectivity index (χ1) is 7.10. The van der Waals surface area contributed by atoms with Crippen molar-refractivity contribution in [3.05, 3.63) is 18.0 Å². The molecule has 0 radical (unpaired) electrons. The first-order valence-corrected chi connectivity index (χ1v) is 5.82. The minimum Gasteiger partial charge on any atom is -0.385 e. The van der Waals surface area contributed by atoms with Crippen LogP contribution in [0.25, 0.3) is 0 Å². The van der Waals surface area contributed by atoms with E-state index in [-0.39, 0.29) is 0 Å². The van der Waals surface area contributed by atoms with Crippen LogP contribution in [0.5, 0.6) is 0 Å². The van der Waals surface area contributed by atoms with E-state index >= 15 is 0 Å². The predicted molar refractivity (Wildman–Crippen MR) is 59.4 cm³/mol. The molecule has 1 N–H and O–H groups in total. The van der Waals surface area contributed by atoms with Crippen LogP contribution in [0.15, 0.2) is 12.4 Å². The van der Waals surface area contributed by atoms with Crippen LogP contribution in [0.1, 0.15) is 44.6 Å². The van der Waals surface area contributed by atoms with Crippen LogP contribution in [0.4, 0.5) is 0 Å². The fourth-order valence-electron chi connectivity index (χ4n) is 2.45. The lowest BCUT2D eigenvalue weighted by Crippen LogP contribution is -2.24. The average Bonchev–Trinajstić information content (AvgIpc) is 2.55. The van der Waals surface area contributed by atoms with Gasteiger partial charge < -0.3 is 5.11 Å². The molecule has 0 bridgehead atoms. The van der Waals surface area contributed by atoms with E-state index in [0.29, 0.717) is 0 Å². The largest absolute Gasteiger partial charge is 0.385 e. The van der Waals surface area contributed by atoms with Crippen molar-refractivity contribution in [2.75, 3.05) is 0 Å². The van der Waals surface area contributed by atoms with Crippen LogP contribution >= 0.6 is 0 Å². The maximum atomic E-state index is 10.6. The summed E-state index contributed by atoms with van der Waals surface area (Å²) in [6.07, 6.45) is 8.97. The molecule has 1 saturated carbocycles. The van der Waals surface area contributed by atoms with Crippen LogP contribution in [0, 0.1) is 5.92 Å². The molecule has 3 heteroatoms. The van der Waals surface area contributed by atoms with Crippen LogP contribution in [0.2, 0.25) is 0 Å². The number of nitrogens with zero attached hydrogens (tertiary/aromatic N) is 2. The smallest absolute Gasteiger partial charge is 0.0927 e. The Labute approximate surface area is 91.1 Å². The second-order valence-corrected chi connectivity index (χ2v) is 4.97. The zero-order valence-corrected chi connectivity index (χ0v) is 9.61. The highest BCUT2D eigenvalue weighted by Crippen LogP contribution is 2.37. The van der Waals surface area contributed by atoms with Crippen molar-refractivity contribution in [1.29, 1.82) is 0 Å². The number of aromatic nitrogens is 2. The van der Waals surface area contributed by atoms with Crippen molar-refractivity contribution in [2.45, 2.75) is 44.6 Å². The number of aliphatic hydroxyl groups is 1. The molecule has 1 aliphatic rings. The number of rotatable bonds is 1. The van der Waals surface area contributed by atoms with Gasteiger partial charge in [0.25, 0.3) is 0 Å². The Morgan fingerprint density at radius 1 is 1.47 bits per heavy atom. The summed E-state index contributed by atoms with van der Waals surface area (Å²) < 4.78 is 1.77. The summed E-state index contributed by atoms with van der Waals surface area (Å²) in [6.45, 7) is 2.27. The summed E-state index contributed by atoms with van der Waals surface area (Å²) in [5, 5.41) is 14.7. The zero-order valence-electron chi connectivity index (χ0n) is 9.61. The summed E-state index contributed by atoms with van der Waals surface area (Å²) in [5.74, 6) is 0.746. The van der Waals surface area contributed by atoms with E-state index < -0.39 is 5.60 Å². The molecule has 1 aliphatic carbocycles. The van der Waals surface area contributed by atoms with Crippen molar-refractivity contribution in [3.63, 3.8) is 0 Å². The van der Waals surface area contributed by atoms with Crippen molar-refractivity contribution in [1.82, 2.24) is 9.78 Å². The maximum Gasteiger partial charge on any atom is 0.0927 e. The maximum absolute atomic E-state index is 10.6. The molecule has 1 aromatic heterocycles. The summed E-state index contributed by atoms with van der Waals surface area (Å²) in [4.78, 5) is 0. The molecule has 0 aliphatic heterocycles. The Bertz CT molecular complexity index is 334. The molecule has 2 rings (SSSR count). The number of hydrogen-bond acceptors (Lipinski definition) is 2. The van der Waals surface area contributed by atoms with Gasteiger partial charge >= 0.3 is 0 Å². The van der Waals surface area contributed by atoms with Crippen molar-refractivity contribution in [3.8, 4) is 0 Å². The molecule has 3 nitrogen and oxygen atoms in total. The number of hydrogen-bond donors (Lipinski definition) is 1. The molecular formula is C12H20N2O. The molecule has 0 saturated heterocycles. The minimum absolute atomic E-state index is 0.626. The molecule has 84 valence electrons. The molecule has 0 aromatic carbocycles. The second kappa shape index (κ2) is 3.97. The van der Waals surface area contributed by atoms with Gasteiger partial charge in [-0.05, 0) is 31.6 Å².